The number of aldehydes is 1. The van der Waals surface area contributed by atoms with Crippen LogP contribution in [0.25, 0.3) is 0 Å². The first-order chi connectivity index (χ1) is 9.87. The Morgan fingerprint density at radius 2 is 2.10 bits per heavy atom. The Morgan fingerprint density at radius 1 is 1.38 bits per heavy atom. The van der Waals surface area contributed by atoms with Gasteiger partial charge in [0.25, 0.3) is 5.69 Å². The molecule has 0 saturated carbocycles. The van der Waals surface area contributed by atoms with Crippen molar-refractivity contribution in [2.24, 2.45) is 0 Å². The van der Waals surface area contributed by atoms with Gasteiger partial charge in [0.15, 0.2) is 0 Å². The summed E-state index contributed by atoms with van der Waals surface area (Å²) in [7, 11) is -3.90. The number of nitro benzene ring substituents is 1. The molecule has 1 heterocycles. The molecule has 1 aliphatic rings. The number of hydrogen-bond acceptors (Lipinski definition) is 5. The van der Waals surface area contributed by atoms with Crippen molar-refractivity contribution in [1.29, 1.82) is 0 Å². The number of carbonyl (C=O) groups is 1. The maximum Gasteiger partial charge on any atom is 0.273 e. The van der Waals surface area contributed by atoms with Crippen LogP contribution < -0.4 is 0 Å². The molecule has 0 aromatic heterocycles. The summed E-state index contributed by atoms with van der Waals surface area (Å²) in [5.41, 5.74) is 0.153. The third-order valence-corrected chi connectivity index (χ3v) is 5.56. The van der Waals surface area contributed by atoms with Gasteiger partial charge in [-0.2, -0.15) is 4.31 Å². The van der Waals surface area contributed by atoms with Crippen LogP contribution in [0.15, 0.2) is 23.1 Å². The fraction of sp³-hybridized carbons (Fsp3) is 0.462. The minimum absolute atomic E-state index is 0.145. The van der Waals surface area contributed by atoms with Gasteiger partial charge in [0.05, 0.1) is 15.9 Å². The fourth-order valence-electron chi connectivity index (χ4n) is 2.45. The van der Waals surface area contributed by atoms with Crippen LogP contribution in [0.4, 0.5) is 5.69 Å². The van der Waals surface area contributed by atoms with Gasteiger partial charge in [-0.1, -0.05) is 12.5 Å². The first-order valence-corrected chi connectivity index (χ1v) is 8.04. The Morgan fingerprint density at radius 3 is 2.71 bits per heavy atom. The summed E-state index contributed by atoms with van der Waals surface area (Å²) in [6, 6.07) is 3.12. The number of rotatable bonds is 4. The van der Waals surface area contributed by atoms with Crippen LogP contribution in [0, 0.1) is 17.0 Å². The SMILES string of the molecule is Cc1ccc(S(=O)(=O)N2CCCCC2C=O)cc1[N+](=O)[O-]. The maximum atomic E-state index is 12.6. The lowest BCUT2D eigenvalue weighted by molar-refractivity contribution is -0.385. The number of nitrogens with zero attached hydrogens (tertiary/aromatic N) is 2. The molecule has 1 aromatic carbocycles. The summed E-state index contributed by atoms with van der Waals surface area (Å²) in [6.45, 7) is 1.80. The molecule has 1 unspecified atom stereocenters. The summed E-state index contributed by atoms with van der Waals surface area (Å²) >= 11 is 0. The van der Waals surface area contributed by atoms with E-state index in [4.69, 9.17) is 0 Å². The number of nitro groups is 1. The lowest BCUT2D eigenvalue weighted by atomic mass is 10.1. The lowest BCUT2D eigenvalue weighted by Crippen LogP contribution is -2.44. The van der Waals surface area contributed by atoms with E-state index in [1.807, 2.05) is 0 Å². The van der Waals surface area contributed by atoms with Gasteiger partial charge in [-0.25, -0.2) is 8.42 Å². The molecule has 0 radical (unpaired) electrons. The summed E-state index contributed by atoms with van der Waals surface area (Å²) < 4.78 is 26.3. The third-order valence-electron chi connectivity index (χ3n) is 3.64. The van der Waals surface area contributed by atoms with Crippen LogP contribution in [-0.4, -0.2) is 36.5 Å². The molecule has 21 heavy (non-hydrogen) atoms. The predicted octanol–water partition coefficient (Wildman–Crippen LogP) is 1.65. The van der Waals surface area contributed by atoms with Crippen LogP contribution in [0.3, 0.4) is 0 Å². The normalized spacial score (nSPS) is 20.1. The number of carbonyl (C=O) groups excluding carboxylic acids is 1. The van der Waals surface area contributed by atoms with Crippen molar-refractivity contribution < 1.29 is 18.1 Å². The summed E-state index contributed by atoms with van der Waals surface area (Å²) in [5.74, 6) is 0. The average molecular weight is 312 g/mol. The topological polar surface area (TPSA) is 97.6 Å². The lowest BCUT2D eigenvalue weighted by Gasteiger charge is -2.31. The van der Waals surface area contributed by atoms with E-state index >= 15 is 0 Å². The molecule has 1 atom stereocenters. The van der Waals surface area contributed by atoms with Crippen molar-refractivity contribution in [3.05, 3.63) is 33.9 Å². The van der Waals surface area contributed by atoms with Crippen LogP contribution in [-0.2, 0) is 14.8 Å². The maximum absolute atomic E-state index is 12.6. The molecule has 1 fully saturated rings. The first kappa shape index (κ1) is 15.6. The highest BCUT2D eigenvalue weighted by Crippen LogP contribution is 2.28. The fourth-order valence-corrected chi connectivity index (χ4v) is 4.10. The van der Waals surface area contributed by atoms with E-state index < -0.39 is 21.0 Å². The summed E-state index contributed by atoms with van der Waals surface area (Å²) in [6.07, 6.45) is 2.58. The second-order valence-electron chi connectivity index (χ2n) is 5.02. The molecule has 114 valence electrons. The minimum atomic E-state index is -3.90. The van der Waals surface area contributed by atoms with Crippen LogP contribution in [0.5, 0.6) is 0 Å². The molecule has 1 aliphatic heterocycles. The standard InChI is InChI=1S/C13H16N2O5S/c1-10-5-6-12(8-13(10)15(17)18)21(19,20)14-7-3-2-4-11(14)9-16/h5-6,8-9,11H,2-4,7H2,1H3. The molecule has 1 aromatic rings. The Hall–Kier alpha value is -1.80. The van der Waals surface area contributed by atoms with Gasteiger partial charge in [0, 0.05) is 18.2 Å². The zero-order chi connectivity index (χ0) is 15.6. The van der Waals surface area contributed by atoms with Crippen LogP contribution in [0.1, 0.15) is 24.8 Å². The Kier molecular flexibility index (Phi) is 4.38. The van der Waals surface area contributed by atoms with E-state index in [-0.39, 0.29) is 17.1 Å². The first-order valence-electron chi connectivity index (χ1n) is 6.60. The van der Waals surface area contributed by atoms with Crippen molar-refractivity contribution >= 4 is 22.0 Å². The molecule has 7 nitrogen and oxygen atoms in total. The Labute approximate surface area is 122 Å². The van der Waals surface area contributed by atoms with E-state index in [1.165, 1.54) is 12.1 Å². The number of piperidine rings is 1. The molecule has 0 spiro atoms. The summed E-state index contributed by atoms with van der Waals surface area (Å²) in [5, 5.41) is 10.9. The molecule has 0 amide bonds. The van der Waals surface area contributed by atoms with E-state index in [1.54, 1.807) is 6.92 Å². The molecule has 1 saturated heterocycles. The molecule has 8 heteroatoms. The van der Waals surface area contributed by atoms with Crippen LogP contribution >= 0.6 is 0 Å². The van der Waals surface area contributed by atoms with Gasteiger partial charge < -0.3 is 4.79 Å². The molecular weight excluding hydrogens is 296 g/mol. The van der Waals surface area contributed by atoms with Gasteiger partial charge in [0.2, 0.25) is 10.0 Å². The average Bonchev–Trinajstić information content (AvgIpc) is 2.47. The van der Waals surface area contributed by atoms with Gasteiger partial charge in [-0.15, -0.1) is 0 Å². The number of benzene rings is 1. The second kappa shape index (κ2) is 5.90. The zero-order valence-corrected chi connectivity index (χ0v) is 12.4. The number of hydrogen-bond donors (Lipinski definition) is 0. The number of sulfonamides is 1. The highest BCUT2D eigenvalue weighted by Gasteiger charge is 2.34. The van der Waals surface area contributed by atoms with Gasteiger partial charge in [0.1, 0.15) is 6.29 Å². The predicted molar refractivity (Wildman–Crippen MR) is 75.4 cm³/mol. The van der Waals surface area contributed by atoms with Crippen molar-refractivity contribution in [3.63, 3.8) is 0 Å². The Bertz CT molecular complexity index is 671. The smallest absolute Gasteiger partial charge is 0.273 e. The van der Waals surface area contributed by atoms with Gasteiger partial charge in [-0.05, 0) is 25.8 Å². The molecule has 0 N–H and O–H groups in total. The van der Waals surface area contributed by atoms with Gasteiger partial charge in [-0.3, -0.25) is 10.1 Å². The van der Waals surface area contributed by atoms with Gasteiger partial charge >= 0.3 is 0 Å². The molecule has 0 bridgehead atoms. The van der Waals surface area contributed by atoms with Crippen molar-refractivity contribution in [1.82, 2.24) is 4.31 Å². The molecular formula is C13H16N2O5S. The largest absolute Gasteiger partial charge is 0.302 e. The monoisotopic (exact) mass is 312 g/mol. The second-order valence-corrected chi connectivity index (χ2v) is 6.91. The summed E-state index contributed by atoms with van der Waals surface area (Å²) in [4.78, 5) is 21.2. The number of aryl methyl sites for hydroxylation is 1. The van der Waals surface area contributed by atoms with E-state index in [2.05, 4.69) is 0 Å². The quantitative estimate of drug-likeness (QED) is 0.478. The highest BCUT2D eigenvalue weighted by molar-refractivity contribution is 7.89. The van der Waals surface area contributed by atoms with E-state index in [9.17, 15) is 23.3 Å². The Balaban J connectivity index is 2.46. The van der Waals surface area contributed by atoms with Crippen molar-refractivity contribution in [2.45, 2.75) is 37.1 Å². The zero-order valence-electron chi connectivity index (χ0n) is 11.6. The van der Waals surface area contributed by atoms with E-state index in [0.29, 0.717) is 24.7 Å². The van der Waals surface area contributed by atoms with Crippen molar-refractivity contribution in [3.8, 4) is 0 Å². The minimum Gasteiger partial charge on any atom is -0.302 e. The molecule has 0 aliphatic carbocycles. The van der Waals surface area contributed by atoms with Crippen LogP contribution in [0.2, 0.25) is 0 Å². The van der Waals surface area contributed by atoms with Crippen molar-refractivity contribution in [2.75, 3.05) is 6.54 Å². The third kappa shape index (κ3) is 2.96. The van der Waals surface area contributed by atoms with E-state index in [0.717, 1.165) is 16.8 Å². The molecule has 2 rings (SSSR count). The highest BCUT2D eigenvalue weighted by atomic mass is 32.2.